The molecule has 1 aromatic carbocycles. The number of esters is 2. The molecule has 0 aromatic heterocycles. The largest absolute Gasteiger partial charge is 0.544 e. The molecule has 0 saturated heterocycles. The molecule has 6 nitrogen and oxygen atoms in total. The number of benzene rings is 1. The fourth-order valence-corrected chi connectivity index (χ4v) is 1.42. The van der Waals surface area contributed by atoms with E-state index in [1.165, 1.54) is 24.3 Å². The third-order valence-corrected chi connectivity index (χ3v) is 3.26. The molecule has 0 amide bonds. The van der Waals surface area contributed by atoms with E-state index in [2.05, 4.69) is 4.74 Å². The minimum Gasteiger partial charge on any atom is -0.544 e. The first-order valence-corrected chi connectivity index (χ1v) is 7.08. The second-order valence-electron chi connectivity index (χ2n) is 5.65. The average molecular weight is 343 g/mol. The first-order chi connectivity index (χ1) is 11.0. The molecule has 0 unspecified atom stereocenters. The molecule has 0 bridgehead atoms. The Kier molecular flexibility index (Phi) is 6.00. The third-order valence-electron chi connectivity index (χ3n) is 3.26. The molecule has 24 heavy (non-hydrogen) atoms. The van der Waals surface area contributed by atoms with Gasteiger partial charge < -0.3 is 19.4 Å². The molecule has 0 aliphatic carbocycles. The molecule has 0 aliphatic heterocycles. The molecule has 0 N–H and O–H groups in total. The van der Waals surface area contributed by atoms with Crippen molar-refractivity contribution in [3.63, 3.8) is 0 Å². The van der Waals surface area contributed by atoms with Gasteiger partial charge in [-0.15, -0.1) is 0 Å². The first kappa shape index (κ1) is 19.5. The second kappa shape index (κ2) is 7.37. The molecular weight excluding hydrogens is 326 g/mol. The number of aliphatic carboxylic acids is 1. The van der Waals surface area contributed by atoms with Crippen LogP contribution in [0.3, 0.4) is 0 Å². The molecule has 0 saturated carbocycles. The number of halogens is 2. The Bertz CT molecular complexity index is 622. The van der Waals surface area contributed by atoms with Crippen LogP contribution in [0, 0.1) is 0 Å². The second-order valence-corrected chi connectivity index (χ2v) is 5.65. The van der Waals surface area contributed by atoms with Gasteiger partial charge in [0.2, 0.25) is 0 Å². The van der Waals surface area contributed by atoms with E-state index in [9.17, 15) is 28.3 Å². The van der Waals surface area contributed by atoms with E-state index in [-0.39, 0.29) is 11.1 Å². The van der Waals surface area contributed by atoms with Crippen molar-refractivity contribution in [3.8, 4) is 0 Å². The van der Waals surface area contributed by atoms with Crippen LogP contribution in [0.25, 0.3) is 0 Å². The van der Waals surface area contributed by atoms with Crippen LogP contribution in [0.5, 0.6) is 0 Å². The number of carbonyl (C=O) groups excluding carboxylic acids is 3. The maximum absolute atomic E-state index is 12.8. The molecule has 0 spiro atoms. The average Bonchev–Trinajstić information content (AvgIpc) is 2.52. The summed E-state index contributed by atoms with van der Waals surface area (Å²) in [7, 11) is 0. The van der Waals surface area contributed by atoms with Crippen molar-refractivity contribution in [1.82, 2.24) is 0 Å². The van der Waals surface area contributed by atoms with Crippen molar-refractivity contribution >= 4 is 17.9 Å². The third kappa shape index (κ3) is 5.29. The summed E-state index contributed by atoms with van der Waals surface area (Å²) in [6.07, 6.45) is 0.607. The number of carbonyl (C=O) groups is 3. The lowest BCUT2D eigenvalue weighted by Gasteiger charge is -2.23. The highest BCUT2D eigenvalue weighted by atomic mass is 19.3. The zero-order valence-electron chi connectivity index (χ0n) is 13.4. The Labute approximate surface area is 137 Å². The van der Waals surface area contributed by atoms with Gasteiger partial charge in [0.25, 0.3) is 0 Å². The van der Waals surface area contributed by atoms with Gasteiger partial charge in [0, 0.05) is 0 Å². The van der Waals surface area contributed by atoms with E-state index in [1.54, 1.807) is 13.8 Å². The van der Waals surface area contributed by atoms with Crippen molar-refractivity contribution < 1.29 is 37.7 Å². The molecule has 132 valence electrons. The molecule has 0 heterocycles. The Morgan fingerprint density at radius 3 is 1.92 bits per heavy atom. The van der Waals surface area contributed by atoms with Crippen LogP contribution in [0.2, 0.25) is 0 Å². The molecular formula is C16H17F2O6-. The van der Waals surface area contributed by atoms with E-state index < -0.39 is 36.0 Å². The maximum Gasteiger partial charge on any atom is 0.338 e. The van der Waals surface area contributed by atoms with E-state index in [0.717, 1.165) is 0 Å². The van der Waals surface area contributed by atoms with E-state index in [4.69, 9.17) is 4.74 Å². The van der Waals surface area contributed by atoms with Gasteiger partial charge in [-0.05, 0) is 44.5 Å². The normalized spacial score (nSPS) is 11.7. The highest BCUT2D eigenvalue weighted by Gasteiger charge is 2.33. The van der Waals surface area contributed by atoms with Crippen molar-refractivity contribution in [2.24, 2.45) is 0 Å². The standard InChI is InChI=1S/C16H18F2O6/c1-4-15(2,3)24-13(20)11-7-5-10(6-8-11)12(19)23-9-16(17,18)14(21)22/h5-8H,4,9H2,1-3H3,(H,21,22)/p-1. The van der Waals surface area contributed by atoms with Crippen molar-refractivity contribution in [2.75, 3.05) is 6.61 Å². The van der Waals surface area contributed by atoms with Gasteiger partial charge in [-0.25, -0.2) is 9.59 Å². The number of hydrogen-bond acceptors (Lipinski definition) is 6. The monoisotopic (exact) mass is 343 g/mol. The van der Waals surface area contributed by atoms with Crippen LogP contribution in [0.1, 0.15) is 47.9 Å². The Balaban J connectivity index is 2.72. The zero-order chi connectivity index (χ0) is 18.5. The van der Waals surface area contributed by atoms with Crippen LogP contribution in [-0.4, -0.2) is 36.0 Å². The first-order valence-electron chi connectivity index (χ1n) is 7.08. The smallest absolute Gasteiger partial charge is 0.338 e. The Morgan fingerprint density at radius 1 is 1.04 bits per heavy atom. The maximum atomic E-state index is 12.8. The topological polar surface area (TPSA) is 92.7 Å². The summed E-state index contributed by atoms with van der Waals surface area (Å²) >= 11 is 0. The lowest BCUT2D eigenvalue weighted by Crippen LogP contribution is -2.45. The summed E-state index contributed by atoms with van der Waals surface area (Å²) < 4.78 is 35.1. The molecule has 0 radical (unpaired) electrons. The van der Waals surface area contributed by atoms with Crippen LogP contribution >= 0.6 is 0 Å². The van der Waals surface area contributed by atoms with E-state index >= 15 is 0 Å². The molecule has 1 rings (SSSR count). The number of hydrogen-bond donors (Lipinski definition) is 0. The van der Waals surface area contributed by atoms with Crippen LogP contribution < -0.4 is 5.11 Å². The summed E-state index contributed by atoms with van der Waals surface area (Å²) in [4.78, 5) is 33.6. The number of alkyl halides is 2. The van der Waals surface area contributed by atoms with Crippen molar-refractivity contribution in [3.05, 3.63) is 35.4 Å². The number of carboxylic acids is 1. The van der Waals surface area contributed by atoms with Gasteiger partial charge in [0.1, 0.15) is 11.6 Å². The van der Waals surface area contributed by atoms with Gasteiger partial charge in [-0.1, -0.05) is 6.92 Å². The minimum absolute atomic E-state index is 0.115. The minimum atomic E-state index is -4.27. The lowest BCUT2D eigenvalue weighted by atomic mass is 10.1. The van der Waals surface area contributed by atoms with Gasteiger partial charge in [-0.2, -0.15) is 8.78 Å². The molecule has 0 fully saturated rings. The highest BCUT2D eigenvalue weighted by Crippen LogP contribution is 2.18. The van der Waals surface area contributed by atoms with Gasteiger partial charge >= 0.3 is 17.9 Å². The summed E-state index contributed by atoms with van der Waals surface area (Å²) in [6.45, 7) is 3.71. The molecule has 0 atom stereocenters. The summed E-state index contributed by atoms with van der Waals surface area (Å²) in [5, 5.41) is 10.1. The van der Waals surface area contributed by atoms with E-state index in [0.29, 0.717) is 6.42 Å². The summed E-state index contributed by atoms with van der Waals surface area (Å²) in [5.74, 6) is -8.65. The summed E-state index contributed by atoms with van der Waals surface area (Å²) in [5.41, 5.74) is -0.589. The number of ether oxygens (including phenoxy) is 2. The quantitative estimate of drug-likeness (QED) is 0.698. The van der Waals surface area contributed by atoms with Gasteiger partial charge in [0.05, 0.1) is 11.1 Å². The molecule has 1 aromatic rings. The fraction of sp³-hybridized carbons (Fsp3) is 0.438. The Morgan fingerprint density at radius 2 is 1.50 bits per heavy atom. The van der Waals surface area contributed by atoms with Crippen LogP contribution in [-0.2, 0) is 14.3 Å². The number of carboxylic acid groups (broad SMARTS) is 1. The fourth-order valence-electron chi connectivity index (χ4n) is 1.42. The predicted molar refractivity (Wildman–Crippen MR) is 76.5 cm³/mol. The van der Waals surface area contributed by atoms with Crippen molar-refractivity contribution in [2.45, 2.75) is 38.7 Å². The SMILES string of the molecule is CCC(C)(C)OC(=O)c1ccc(C(=O)OCC(F)(F)C(=O)[O-])cc1. The predicted octanol–water partition coefficient (Wildman–Crippen LogP) is 1.57. The van der Waals surface area contributed by atoms with Gasteiger partial charge in [0.15, 0.2) is 6.61 Å². The van der Waals surface area contributed by atoms with Crippen LogP contribution in [0.4, 0.5) is 8.78 Å². The Hall–Kier alpha value is -2.51. The highest BCUT2D eigenvalue weighted by molar-refractivity contribution is 5.93. The van der Waals surface area contributed by atoms with Crippen LogP contribution in [0.15, 0.2) is 24.3 Å². The lowest BCUT2D eigenvalue weighted by molar-refractivity contribution is -0.331. The molecule has 0 aliphatic rings. The zero-order valence-corrected chi connectivity index (χ0v) is 13.4. The molecule has 8 heteroatoms. The van der Waals surface area contributed by atoms with Crippen molar-refractivity contribution in [1.29, 1.82) is 0 Å². The van der Waals surface area contributed by atoms with E-state index in [1.807, 2.05) is 6.92 Å². The van der Waals surface area contributed by atoms with Gasteiger partial charge in [-0.3, -0.25) is 0 Å². The number of rotatable bonds is 7. The summed E-state index contributed by atoms with van der Waals surface area (Å²) in [6, 6.07) is 4.94.